The van der Waals surface area contributed by atoms with Crippen molar-refractivity contribution in [1.29, 1.82) is 0 Å². The van der Waals surface area contributed by atoms with Gasteiger partial charge >= 0.3 is 0 Å². The van der Waals surface area contributed by atoms with Crippen molar-refractivity contribution in [3.63, 3.8) is 0 Å². The van der Waals surface area contributed by atoms with E-state index in [4.69, 9.17) is 0 Å². The molecule has 0 unspecified atom stereocenters. The summed E-state index contributed by atoms with van der Waals surface area (Å²) in [5.41, 5.74) is 1.79. The highest BCUT2D eigenvalue weighted by Gasteiger charge is 2.26. The molecular formula is C22H15FN2O3S. The molecule has 0 aliphatic heterocycles. The van der Waals surface area contributed by atoms with Crippen LogP contribution in [0.3, 0.4) is 0 Å². The van der Waals surface area contributed by atoms with E-state index >= 15 is 0 Å². The summed E-state index contributed by atoms with van der Waals surface area (Å²) in [4.78, 5) is 12.7. The maximum absolute atomic E-state index is 13.1. The fourth-order valence-corrected chi connectivity index (χ4v) is 3.96. The zero-order chi connectivity index (χ0) is 20.4. The molecule has 1 aliphatic rings. The first kappa shape index (κ1) is 18.8. The highest BCUT2D eigenvalue weighted by atomic mass is 32.2. The molecule has 0 radical (unpaired) electrons. The van der Waals surface area contributed by atoms with Gasteiger partial charge < -0.3 is 5.32 Å². The van der Waals surface area contributed by atoms with E-state index in [0.717, 1.165) is 24.3 Å². The van der Waals surface area contributed by atoms with Gasteiger partial charge in [-0.15, -0.1) is 0 Å². The monoisotopic (exact) mass is 406 g/mol. The molecule has 0 amide bonds. The zero-order valence-corrected chi connectivity index (χ0v) is 15.9. The number of nitrogens with zero attached hydrogens (tertiary/aromatic N) is 1. The van der Waals surface area contributed by atoms with Gasteiger partial charge in [-0.05, 0) is 42.5 Å². The summed E-state index contributed by atoms with van der Waals surface area (Å²) < 4.78 is 42.5. The number of nitrogens with one attached hydrogen (secondary N) is 1. The molecular weight excluding hydrogens is 391 g/mol. The highest BCUT2D eigenvalue weighted by Crippen LogP contribution is 2.25. The predicted molar refractivity (Wildman–Crippen MR) is 109 cm³/mol. The van der Waals surface area contributed by atoms with Crippen LogP contribution in [0.4, 0.5) is 10.1 Å². The third-order valence-electron chi connectivity index (χ3n) is 4.36. The molecule has 5 nitrogen and oxygen atoms in total. The second-order valence-electron chi connectivity index (χ2n) is 6.33. The Kier molecular flexibility index (Phi) is 4.82. The number of allylic oxidation sites excluding steroid dienone is 2. The number of hydrogen-bond donors (Lipinski definition) is 1. The van der Waals surface area contributed by atoms with Gasteiger partial charge in [-0.2, -0.15) is 12.8 Å². The van der Waals surface area contributed by atoms with Crippen LogP contribution in [0.2, 0.25) is 0 Å². The number of carbonyl (C=O) groups is 1. The average Bonchev–Trinajstić information content (AvgIpc) is 2.72. The van der Waals surface area contributed by atoms with Gasteiger partial charge in [0.25, 0.3) is 10.0 Å². The SMILES string of the molecule is O=C1C(Nc2ccccc2)=C/C(=N/S(=O)(=O)c2ccc(F)cc2)c2ccccc21. The number of carbonyl (C=O) groups excluding carboxylic acids is 1. The number of hydrogen-bond acceptors (Lipinski definition) is 4. The molecule has 1 aliphatic carbocycles. The van der Waals surface area contributed by atoms with Crippen LogP contribution in [0, 0.1) is 5.82 Å². The molecule has 29 heavy (non-hydrogen) atoms. The van der Waals surface area contributed by atoms with Crippen molar-refractivity contribution in [2.24, 2.45) is 4.40 Å². The van der Waals surface area contributed by atoms with Gasteiger partial charge in [-0.3, -0.25) is 4.79 Å². The first-order valence-corrected chi connectivity index (χ1v) is 10.2. The minimum absolute atomic E-state index is 0.128. The lowest BCUT2D eigenvalue weighted by Gasteiger charge is -2.18. The fraction of sp³-hybridized carbons (Fsp3) is 0. The Bertz CT molecular complexity index is 1250. The van der Waals surface area contributed by atoms with E-state index in [1.807, 2.05) is 18.2 Å². The molecule has 0 heterocycles. The summed E-state index contributed by atoms with van der Waals surface area (Å²) in [7, 11) is -4.10. The predicted octanol–water partition coefficient (Wildman–Crippen LogP) is 4.20. The fourth-order valence-electron chi connectivity index (χ4n) is 2.96. The van der Waals surface area contributed by atoms with Gasteiger partial charge in [0, 0.05) is 16.8 Å². The van der Waals surface area contributed by atoms with Gasteiger partial charge in [0.2, 0.25) is 5.78 Å². The first-order chi connectivity index (χ1) is 13.9. The van der Waals surface area contributed by atoms with Gasteiger partial charge in [-0.1, -0.05) is 42.5 Å². The van der Waals surface area contributed by atoms with Gasteiger partial charge in [0.15, 0.2) is 0 Å². The van der Waals surface area contributed by atoms with Crippen LogP contribution in [0.1, 0.15) is 15.9 Å². The van der Waals surface area contributed by atoms with E-state index in [1.165, 1.54) is 6.08 Å². The van der Waals surface area contributed by atoms with Crippen molar-refractivity contribution in [3.8, 4) is 0 Å². The van der Waals surface area contributed by atoms with E-state index < -0.39 is 15.8 Å². The second kappa shape index (κ2) is 7.44. The van der Waals surface area contributed by atoms with Gasteiger partial charge in [0.05, 0.1) is 16.3 Å². The number of fused-ring (bicyclic) bond motifs is 1. The van der Waals surface area contributed by atoms with Gasteiger partial charge in [-0.25, -0.2) is 4.39 Å². The standard InChI is InChI=1S/C22H15FN2O3S/c23-15-10-12-17(13-11-15)29(27,28)25-20-14-21(24-16-6-2-1-3-7-16)22(26)19-9-5-4-8-18(19)20/h1-14,24H/b25-20-. The van der Waals surface area contributed by atoms with E-state index in [9.17, 15) is 17.6 Å². The third kappa shape index (κ3) is 3.86. The molecule has 0 fully saturated rings. The minimum atomic E-state index is -4.10. The molecule has 7 heteroatoms. The molecule has 3 aromatic carbocycles. The van der Waals surface area contributed by atoms with Crippen LogP contribution in [0.5, 0.6) is 0 Å². The van der Waals surface area contributed by atoms with Crippen molar-refractivity contribution < 1.29 is 17.6 Å². The van der Waals surface area contributed by atoms with E-state index in [-0.39, 0.29) is 22.1 Å². The Morgan fingerprint density at radius 3 is 2.10 bits per heavy atom. The lowest BCUT2D eigenvalue weighted by molar-refractivity contribution is 0.103. The molecule has 1 N–H and O–H groups in total. The Balaban J connectivity index is 1.82. The second-order valence-corrected chi connectivity index (χ2v) is 7.93. The van der Waals surface area contributed by atoms with Crippen LogP contribution in [-0.4, -0.2) is 19.9 Å². The number of sulfonamides is 1. The van der Waals surface area contributed by atoms with Crippen LogP contribution >= 0.6 is 0 Å². The summed E-state index contributed by atoms with van der Waals surface area (Å²) in [6, 6.07) is 20.2. The summed E-state index contributed by atoms with van der Waals surface area (Å²) in [6.07, 6.45) is 1.42. The van der Waals surface area contributed by atoms with Crippen LogP contribution in [-0.2, 0) is 10.0 Å². The molecule has 4 rings (SSSR count). The van der Waals surface area contributed by atoms with Crippen molar-refractivity contribution in [3.05, 3.63) is 108 Å². The summed E-state index contributed by atoms with van der Waals surface area (Å²) in [5.74, 6) is -0.804. The first-order valence-electron chi connectivity index (χ1n) is 8.72. The van der Waals surface area contributed by atoms with E-state index in [1.54, 1.807) is 36.4 Å². The number of anilines is 1. The van der Waals surface area contributed by atoms with Crippen molar-refractivity contribution >= 4 is 27.2 Å². The topological polar surface area (TPSA) is 75.6 Å². The number of ketones is 1. The summed E-state index contributed by atoms with van der Waals surface area (Å²) >= 11 is 0. The number of para-hydroxylation sites is 1. The summed E-state index contributed by atoms with van der Waals surface area (Å²) in [6.45, 7) is 0. The van der Waals surface area contributed by atoms with Crippen molar-refractivity contribution in [2.75, 3.05) is 5.32 Å². The normalized spacial score (nSPS) is 15.0. The largest absolute Gasteiger partial charge is 0.352 e. The lowest BCUT2D eigenvalue weighted by atomic mass is 9.92. The number of benzene rings is 3. The molecule has 3 aromatic rings. The quantitative estimate of drug-likeness (QED) is 0.705. The minimum Gasteiger partial charge on any atom is -0.352 e. The highest BCUT2D eigenvalue weighted by molar-refractivity contribution is 7.90. The van der Waals surface area contributed by atoms with Crippen molar-refractivity contribution in [2.45, 2.75) is 4.90 Å². The smallest absolute Gasteiger partial charge is 0.282 e. The van der Waals surface area contributed by atoms with Crippen molar-refractivity contribution in [1.82, 2.24) is 0 Å². The Labute approximate surface area is 167 Å². The molecule has 0 atom stereocenters. The zero-order valence-electron chi connectivity index (χ0n) is 15.0. The number of rotatable bonds is 4. The number of halogens is 1. The Morgan fingerprint density at radius 1 is 0.793 bits per heavy atom. The van der Waals surface area contributed by atoms with Crippen LogP contribution in [0.25, 0.3) is 0 Å². The molecule has 0 aromatic heterocycles. The van der Waals surface area contributed by atoms with Gasteiger partial charge in [0.1, 0.15) is 5.82 Å². The maximum Gasteiger partial charge on any atom is 0.282 e. The molecule has 0 saturated heterocycles. The Hall–Kier alpha value is -3.58. The van der Waals surface area contributed by atoms with E-state index in [0.29, 0.717) is 16.8 Å². The molecule has 0 saturated carbocycles. The van der Waals surface area contributed by atoms with E-state index in [2.05, 4.69) is 9.71 Å². The summed E-state index contributed by atoms with van der Waals surface area (Å²) in [5, 5.41) is 3.02. The molecule has 0 spiro atoms. The molecule has 0 bridgehead atoms. The Morgan fingerprint density at radius 2 is 1.41 bits per heavy atom. The number of Topliss-reactive ketones (excluding diaryl/α,β-unsaturated/α-hetero) is 1. The maximum atomic E-state index is 13.1. The van der Waals surface area contributed by atoms with Crippen LogP contribution < -0.4 is 5.32 Å². The molecule has 144 valence electrons. The van der Waals surface area contributed by atoms with Crippen LogP contribution in [0.15, 0.2) is 99.9 Å². The average molecular weight is 406 g/mol. The third-order valence-corrected chi connectivity index (χ3v) is 5.66. The lowest BCUT2D eigenvalue weighted by Crippen LogP contribution is -2.22.